The van der Waals surface area contributed by atoms with Gasteiger partial charge in [-0.15, -0.1) is 4.91 Å². The second-order valence-electron chi connectivity index (χ2n) is 6.13. The van der Waals surface area contributed by atoms with Gasteiger partial charge in [-0.05, 0) is 51.8 Å². The van der Waals surface area contributed by atoms with E-state index in [4.69, 9.17) is 9.47 Å². The van der Waals surface area contributed by atoms with E-state index in [1.54, 1.807) is 39.8 Å². The summed E-state index contributed by atoms with van der Waals surface area (Å²) in [6.45, 7) is 7.90. The third kappa shape index (κ3) is 7.19. The fourth-order valence-corrected chi connectivity index (χ4v) is 1.76. The molecule has 0 saturated heterocycles. The molecule has 0 atom stereocenters. The molecular weight excluding hydrogens is 314 g/mol. The molecule has 0 unspecified atom stereocenters. The zero-order chi connectivity index (χ0) is 18.2. The van der Waals surface area contributed by atoms with E-state index >= 15 is 0 Å². The van der Waals surface area contributed by atoms with Crippen LogP contribution in [0.1, 0.15) is 43.1 Å². The maximum Gasteiger partial charge on any atom is 0.422 e. The lowest BCUT2D eigenvalue weighted by molar-refractivity contribution is 0.0497. The molecule has 8 nitrogen and oxygen atoms in total. The molecule has 0 fully saturated rings. The smallest absolute Gasteiger partial charge is 0.422 e. The number of hydrogen-bond donors (Lipinski definition) is 2. The Balaban J connectivity index is 2.30. The van der Waals surface area contributed by atoms with Crippen LogP contribution in [0, 0.1) is 11.8 Å². The number of rotatable bonds is 7. The molecule has 24 heavy (non-hydrogen) atoms. The summed E-state index contributed by atoms with van der Waals surface area (Å²) >= 11 is 0. The van der Waals surface area contributed by atoms with Gasteiger partial charge in [0.05, 0.1) is 12.2 Å². The highest BCUT2D eigenvalue weighted by Gasteiger charge is 2.15. The van der Waals surface area contributed by atoms with Crippen LogP contribution in [0.3, 0.4) is 0 Å². The van der Waals surface area contributed by atoms with Gasteiger partial charge in [-0.1, -0.05) is 6.07 Å². The molecule has 0 spiro atoms. The van der Waals surface area contributed by atoms with Crippen molar-refractivity contribution in [3.8, 4) is 5.75 Å². The summed E-state index contributed by atoms with van der Waals surface area (Å²) in [6, 6.07) is 4.89. The van der Waals surface area contributed by atoms with E-state index < -0.39 is 17.6 Å². The minimum absolute atomic E-state index is 0.229. The molecule has 0 aromatic heterocycles. The maximum atomic E-state index is 11.4. The highest BCUT2D eigenvalue weighted by molar-refractivity contribution is 5.96. The molecule has 1 rings (SSSR count). The Morgan fingerprint density at radius 1 is 1.25 bits per heavy atom. The van der Waals surface area contributed by atoms with Crippen LogP contribution in [0.15, 0.2) is 23.4 Å². The van der Waals surface area contributed by atoms with Gasteiger partial charge in [0.25, 0.3) is 0 Å². The third-order valence-electron chi connectivity index (χ3n) is 2.83. The first kappa shape index (κ1) is 19.6. The van der Waals surface area contributed by atoms with Crippen molar-refractivity contribution in [2.75, 3.05) is 13.2 Å². The van der Waals surface area contributed by atoms with Crippen LogP contribution in [0.5, 0.6) is 5.75 Å². The highest BCUT2D eigenvalue weighted by Crippen LogP contribution is 2.18. The number of nitrogens with zero attached hydrogens (tertiary/aromatic N) is 1. The third-order valence-corrected chi connectivity index (χ3v) is 2.83. The Labute approximate surface area is 140 Å². The lowest BCUT2D eigenvalue weighted by atomic mass is 10.1. The van der Waals surface area contributed by atoms with Crippen molar-refractivity contribution < 1.29 is 19.1 Å². The van der Waals surface area contributed by atoms with Crippen molar-refractivity contribution in [1.29, 1.82) is 0 Å². The molecule has 0 aliphatic rings. The zero-order valence-electron chi connectivity index (χ0n) is 14.3. The molecule has 132 valence electrons. The molecule has 8 heteroatoms. The van der Waals surface area contributed by atoms with Gasteiger partial charge in [-0.3, -0.25) is 10.2 Å². The summed E-state index contributed by atoms with van der Waals surface area (Å²) < 4.78 is 10.6. The Bertz CT molecular complexity index is 596. The molecule has 0 saturated carbocycles. The largest absolute Gasteiger partial charge is 0.494 e. The molecule has 1 aromatic carbocycles. The van der Waals surface area contributed by atoms with Crippen LogP contribution in [0.2, 0.25) is 0 Å². The van der Waals surface area contributed by atoms with Crippen molar-refractivity contribution in [2.24, 2.45) is 5.18 Å². The maximum absolute atomic E-state index is 11.4. The molecule has 2 amide bonds. The summed E-state index contributed by atoms with van der Waals surface area (Å²) in [5, 5.41) is 2.42. The van der Waals surface area contributed by atoms with Crippen molar-refractivity contribution >= 4 is 12.0 Å². The number of carbonyl (C=O) groups is 2. The number of nitroso groups, excluding NO2 is 1. The Hall–Kier alpha value is -2.48. The lowest BCUT2D eigenvalue weighted by Gasteiger charge is -2.19. The van der Waals surface area contributed by atoms with Crippen molar-refractivity contribution in [3.63, 3.8) is 0 Å². The number of aryl methyl sites for hydroxylation is 1. The second kappa shape index (κ2) is 8.97. The van der Waals surface area contributed by atoms with E-state index in [1.165, 1.54) is 6.07 Å². The molecule has 0 aliphatic carbocycles. The van der Waals surface area contributed by atoms with E-state index in [0.29, 0.717) is 30.9 Å². The van der Waals surface area contributed by atoms with Gasteiger partial charge in [0.2, 0.25) is 0 Å². The average molecular weight is 337 g/mol. The van der Waals surface area contributed by atoms with Crippen LogP contribution in [-0.2, 0) is 4.74 Å². The summed E-state index contributed by atoms with van der Waals surface area (Å²) in [5.41, 5.74) is 5.49. The van der Waals surface area contributed by atoms with E-state index in [9.17, 15) is 14.5 Å². The van der Waals surface area contributed by atoms with Gasteiger partial charge >= 0.3 is 12.0 Å². The number of hydrogen-bond acceptors (Lipinski definition) is 6. The first-order chi connectivity index (χ1) is 11.2. The van der Waals surface area contributed by atoms with E-state index in [0.717, 1.165) is 0 Å². The predicted molar refractivity (Wildman–Crippen MR) is 88.8 cm³/mol. The van der Waals surface area contributed by atoms with Crippen LogP contribution in [0.4, 0.5) is 4.79 Å². The van der Waals surface area contributed by atoms with E-state index in [-0.39, 0.29) is 5.56 Å². The highest BCUT2D eigenvalue weighted by atomic mass is 16.6. The molecule has 0 aliphatic heterocycles. The summed E-state index contributed by atoms with van der Waals surface area (Å²) in [7, 11) is 0. The summed E-state index contributed by atoms with van der Waals surface area (Å²) in [6.07, 6.45) is 0.0604. The predicted octanol–water partition coefficient (Wildman–Crippen LogP) is 2.70. The molecule has 1 aromatic rings. The summed E-state index contributed by atoms with van der Waals surface area (Å²) in [5.74, 6) is -0.339. The SMILES string of the molecule is Cc1ccc(OCCCNNC(=O)OC(C)(C)C)cc1C(=O)N=O. The quantitative estimate of drug-likeness (QED) is 0.450. The number of hydrazine groups is 1. The second-order valence-corrected chi connectivity index (χ2v) is 6.13. The Morgan fingerprint density at radius 2 is 1.96 bits per heavy atom. The zero-order valence-corrected chi connectivity index (χ0v) is 14.3. The molecule has 0 radical (unpaired) electrons. The van der Waals surface area contributed by atoms with E-state index in [1.807, 2.05) is 0 Å². The fourth-order valence-electron chi connectivity index (χ4n) is 1.76. The Kier molecular flexibility index (Phi) is 7.31. The minimum atomic E-state index is -0.818. The van der Waals surface area contributed by atoms with Crippen molar-refractivity contribution in [1.82, 2.24) is 10.9 Å². The topological polar surface area (TPSA) is 106 Å². The normalized spacial score (nSPS) is 10.8. The average Bonchev–Trinajstić information content (AvgIpc) is 2.49. The van der Waals surface area contributed by atoms with Crippen LogP contribution >= 0.6 is 0 Å². The first-order valence-corrected chi connectivity index (χ1v) is 7.56. The number of amides is 2. The molecule has 2 N–H and O–H groups in total. The minimum Gasteiger partial charge on any atom is -0.494 e. The summed E-state index contributed by atoms with van der Waals surface area (Å²) in [4.78, 5) is 33.1. The molecule has 0 heterocycles. The van der Waals surface area contributed by atoms with Crippen molar-refractivity contribution in [3.05, 3.63) is 34.2 Å². The number of ether oxygens (including phenoxy) is 2. The van der Waals surface area contributed by atoms with Gasteiger partial charge in [-0.2, -0.15) is 0 Å². The van der Waals surface area contributed by atoms with Crippen molar-refractivity contribution in [2.45, 2.75) is 39.7 Å². The molecular formula is C16H23N3O5. The number of benzene rings is 1. The van der Waals surface area contributed by atoms with Gasteiger partial charge in [-0.25, -0.2) is 10.2 Å². The molecule has 0 bridgehead atoms. The first-order valence-electron chi connectivity index (χ1n) is 7.56. The number of nitrogens with one attached hydrogen (secondary N) is 2. The van der Waals surface area contributed by atoms with Gasteiger partial charge < -0.3 is 9.47 Å². The Morgan fingerprint density at radius 3 is 2.58 bits per heavy atom. The van der Waals surface area contributed by atoms with Gasteiger partial charge in [0.15, 0.2) is 0 Å². The van der Waals surface area contributed by atoms with Gasteiger partial charge in [0.1, 0.15) is 11.4 Å². The monoisotopic (exact) mass is 337 g/mol. The fraction of sp³-hybridized carbons (Fsp3) is 0.500. The number of carbonyl (C=O) groups excluding carboxylic acids is 2. The standard InChI is InChI=1S/C16H23N3O5/c1-11-6-7-12(10-13(11)14(20)19-22)23-9-5-8-17-18-15(21)24-16(2,3)4/h6-7,10,17H,5,8-9H2,1-4H3,(H,18,21). The van der Waals surface area contributed by atoms with Crippen LogP contribution in [0.25, 0.3) is 0 Å². The van der Waals surface area contributed by atoms with Gasteiger partial charge in [0, 0.05) is 11.7 Å². The van der Waals surface area contributed by atoms with Crippen LogP contribution < -0.4 is 15.6 Å². The van der Waals surface area contributed by atoms with Crippen LogP contribution in [-0.4, -0.2) is 30.8 Å². The lowest BCUT2D eigenvalue weighted by Crippen LogP contribution is -2.41. The van der Waals surface area contributed by atoms with E-state index in [2.05, 4.69) is 16.0 Å².